The van der Waals surface area contributed by atoms with Crippen LogP contribution in [0.4, 0.5) is 10.5 Å². The Bertz CT molecular complexity index is 896. The SMILES string of the molecule is CC1(C2CC2)NC(=O)N(CC(=O)N(Cc2ccccc2)c2ccccc2)C1=O. The van der Waals surface area contributed by atoms with Gasteiger partial charge in [-0.3, -0.25) is 14.5 Å². The molecular weight excluding hydrogens is 354 g/mol. The van der Waals surface area contributed by atoms with E-state index in [4.69, 9.17) is 0 Å². The number of rotatable bonds is 6. The molecule has 6 heteroatoms. The number of nitrogens with one attached hydrogen (secondary N) is 1. The Balaban J connectivity index is 1.56. The fourth-order valence-corrected chi connectivity index (χ4v) is 3.71. The predicted molar refractivity (Wildman–Crippen MR) is 105 cm³/mol. The minimum absolute atomic E-state index is 0.165. The van der Waals surface area contributed by atoms with Crippen LogP contribution < -0.4 is 10.2 Å². The molecule has 2 aromatic rings. The lowest BCUT2D eigenvalue weighted by Gasteiger charge is -2.25. The maximum Gasteiger partial charge on any atom is 0.325 e. The largest absolute Gasteiger partial charge is 0.325 e. The van der Waals surface area contributed by atoms with Crippen LogP contribution in [0.2, 0.25) is 0 Å². The quantitative estimate of drug-likeness (QED) is 0.787. The lowest BCUT2D eigenvalue weighted by Crippen LogP contribution is -2.47. The molecule has 28 heavy (non-hydrogen) atoms. The Hall–Kier alpha value is -3.15. The number of hydrogen-bond donors (Lipinski definition) is 1. The second-order valence-corrected chi connectivity index (χ2v) is 7.60. The fourth-order valence-electron chi connectivity index (χ4n) is 3.71. The second kappa shape index (κ2) is 7.11. The lowest BCUT2D eigenvalue weighted by molar-refractivity contribution is -0.134. The minimum atomic E-state index is -0.881. The summed E-state index contributed by atoms with van der Waals surface area (Å²) >= 11 is 0. The monoisotopic (exact) mass is 377 g/mol. The van der Waals surface area contributed by atoms with E-state index in [-0.39, 0.29) is 24.3 Å². The first-order valence-corrected chi connectivity index (χ1v) is 9.52. The van der Waals surface area contributed by atoms with E-state index in [0.717, 1.165) is 29.0 Å². The summed E-state index contributed by atoms with van der Waals surface area (Å²) in [6, 6.07) is 18.5. The van der Waals surface area contributed by atoms with E-state index < -0.39 is 11.6 Å². The van der Waals surface area contributed by atoms with Crippen LogP contribution in [0.5, 0.6) is 0 Å². The molecule has 1 aliphatic carbocycles. The third kappa shape index (κ3) is 3.38. The number of imide groups is 1. The van der Waals surface area contributed by atoms with Crippen molar-refractivity contribution >= 4 is 23.5 Å². The van der Waals surface area contributed by atoms with E-state index >= 15 is 0 Å². The molecule has 0 radical (unpaired) electrons. The number of anilines is 1. The molecular formula is C22H23N3O3. The van der Waals surface area contributed by atoms with Gasteiger partial charge in [0.1, 0.15) is 12.1 Å². The molecule has 1 heterocycles. The molecule has 4 rings (SSSR count). The summed E-state index contributed by atoms with van der Waals surface area (Å²) in [4.78, 5) is 41.1. The average Bonchev–Trinajstić information content (AvgIpc) is 3.53. The van der Waals surface area contributed by atoms with Gasteiger partial charge in [-0.1, -0.05) is 48.5 Å². The van der Waals surface area contributed by atoms with Gasteiger partial charge in [-0.25, -0.2) is 4.79 Å². The van der Waals surface area contributed by atoms with E-state index in [1.807, 2.05) is 60.7 Å². The van der Waals surface area contributed by atoms with Gasteiger partial charge in [0, 0.05) is 5.69 Å². The van der Waals surface area contributed by atoms with Crippen LogP contribution in [-0.4, -0.2) is 34.8 Å². The van der Waals surface area contributed by atoms with Crippen molar-refractivity contribution in [2.45, 2.75) is 31.8 Å². The van der Waals surface area contributed by atoms with Crippen molar-refractivity contribution < 1.29 is 14.4 Å². The van der Waals surface area contributed by atoms with Gasteiger partial charge in [0.25, 0.3) is 5.91 Å². The summed E-state index contributed by atoms with van der Waals surface area (Å²) in [6.07, 6.45) is 1.85. The van der Waals surface area contributed by atoms with Crippen LogP contribution in [0.15, 0.2) is 60.7 Å². The molecule has 4 amide bonds. The average molecular weight is 377 g/mol. The zero-order valence-electron chi connectivity index (χ0n) is 15.8. The third-order valence-corrected chi connectivity index (χ3v) is 5.54. The van der Waals surface area contributed by atoms with Crippen molar-refractivity contribution in [1.29, 1.82) is 0 Å². The Kier molecular flexibility index (Phi) is 4.63. The van der Waals surface area contributed by atoms with Gasteiger partial charge < -0.3 is 10.2 Å². The van der Waals surface area contributed by atoms with Crippen LogP contribution in [0, 0.1) is 5.92 Å². The molecule has 1 saturated heterocycles. The van der Waals surface area contributed by atoms with Crippen molar-refractivity contribution in [1.82, 2.24) is 10.2 Å². The highest BCUT2D eigenvalue weighted by Crippen LogP contribution is 2.42. The lowest BCUT2D eigenvalue weighted by atomic mass is 9.96. The molecule has 0 bridgehead atoms. The van der Waals surface area contributed by atoms with Gasteiger partial charge in [-0.05, 0) is 43.4 Å². The van der Waals surface area contributed by atoms with Crippen LogP contribution in [-0.2, 0) is 16.1 Å². The number of hydrogen-bond acceptors (Lipinski definition) is 3. The number of urea groups is 1. The molecule has 1 aliphatic heterocycles. The van der Waals surface area contributed by atoms with Crippen molar-refractivity contribution in [2.75, 3.05) is 11.4 Å². The Morgan fingerprint density at radius 2 is 1.68 bits per heavy atom. The molecule has 0 spiro atoms. The van der Waals surface area contributed by atoms with Crippen molar-refractivity contribution in [2.24, 2.45) is 5.92 Å². The number of para-hydroxylation sites is 1. The third-order valence-electron chi connectivity index (χ3n) is 5.54. The summed E-state index contributed by atoms with van der Waals surface area (Å²) < 4.78 is 0. The van der Waals surface area contributed by atoms with Crippen molar-refractivity contribution in [3.05, 3.63) is 66.2 Å². The first-order valence-electron chi connectivity index (χ1n) is 9.52. The first kappa shape index (κ1) is 18.2. The number of carbonyl (C=O) groups excluding carboxylic acids is 3. The zero-order valence-corrected chi connectivity index (χ0v) is 15.8. The minimum Gasteiger partial charge on any atom is -0.323 e. The topological polar surface area (TPSA) is 69.7 Å². The molecule has 1 saturated carbocycles. The second-order valence-electron chi connectivity index (χ2n) is 7.60. The van der Waals surface area contributed by atoms with Crippen LogP contribution in [0.1, 0.15) is 25.3 Å². The highest BCUT2D eigenvalue weighted by atomic mass is 16.2. The molecule has 1 N–H and O–H groups in total. The smallest absolute Gasteiger partial charge is 0.323 e. The molecule has 6 nitrogen and oxygen atoms in total. The standard InChI is InChI=1S/C22H23N3O3/c1-22(17-12-13-17)20(27)25(21(28)23-22)15-19(26)24(18-10-6-3-7-11-18)14-16-8-4-2-5-9-16/h2-11,17H,12-15H2,1H3,(H,23,28). The Morgan fingerprint density at radius 1 is 1.07 bits per heavy atom. The van der Waals surface area contributed by atoms with Crippen LogP contribution in [0.25, 0.3) is 0 Å². The van der Waals surface area contributed by atoms with Gasteiger partial charge >= 0.3 is 6.03 Å². The van der Waals surface area contributed by atoms with E-state index in [2.05, 4.69) is 5.32 Å². The maximum atomic E-state index is 13.1. The Labute approximate surface area is 164 Å². The van der Waals surface area contributed by atoms with Gasteiger partial charge in [0.2, 0.25) is 5.91 Å². The normalized spacial score (nSPS) is 21.5. The summed E-state index contributed by atoms with van der Waals surface area (Å²) in [6.45, 7) is 1.86. The summed E-state index contributed by atoms with van der Waals surface area (Å²) in [5.74, 6) is -0.432. The number of amides is 4. The predicted octanol–water partition coefficient (Wildman–Crippen LogP) is 2.94. The van der Waals surface area contributed by atoms with Crippen LogP contribution in [0.3, 0.4) is 0 Å². The molecule has 2 aliphatic rings. The van der Waals surface area contributed by atoms with Crippen molar-refractivity contribution in [3.63, 3.8) is 0 Å². The summed E-state index contributed by atoms with van der Waals surface area (Å²) in [7, 11) is 0. The molecule has 0 aromatic heterocycles. The first-order chi connectivity index (χ1) is 13.5. The van der Waals surface area contributed by atoms with Crippen LogP contribution >= 0.6 is 0 Å². The maximum absolute atomic E-state index is 13.1. The van der Waals surface area contributed by atoms with Crippen molar-refractivity contribution in [3.8, 4) is 0 Å². The van der Waals surface area contributed by atoms with E-state index in [0.29, 0.717) is 6.54 Å². The molecule has 144 valence electrons. The number of nitrogens with zero attached hydrogens (tertiary/aromatic N) is 2. The summed E-state index contributed by atoms with van der Waals surface area (Å²) in [5, 5.41) is 2.79. The van der Waals surface area contributed by atoms with E-state index in [1.54, 1.807) is 11.8 Å². The molecule has 2 fully saturated rings. The highest BCUT2D eigenvalue weighted by molar-refractivity contribution is 6.10. The zero-order chi connectivity index (χ0) is 19.7. The number of benzene rings is 2. The Morgan fingerprint density at radius 3 is 2.29 bits per heavy atom. The highest BCUT2D eigenvalue weighted by Gasteiger charge is 2.56. The van der Waals surface area contributed by atoms with Gasteiger partial charge in [-0.15, -0.1) is 0 Å². The summed E-state index contributed by atoms with van der Waals surface area (Å²) in [5.41, 5.74) is 0.821. The fraction of sp³-hybridized carbons (Fsp3) is 0.318. The molecule has 2 aromatic carbocycles. The van der Waals surface area contributed by atoms with E-state index in [1.165, 1.54) is 0 Å². The van der Waals surface area contributed by atoms with Gasteiger partial charge in [0.05, 0.1) is 6.54 Å². The van der Waals surface area contributed by atoms with Gasteiger partial charge in [-0.2, -0.15) is 0 Å². The molecule has 1 unspecified atom stereocenters. The molecule has 1 atom stereocenters. The van der Waals surface area contributed by atoms with Gasteiger partial charge in [0.15, 0.2) is 0 Å². The van der Waals surface area contributed by atoms with E-state index in [9.17, 15) is 14.4 Å². The number of carbonyl (C=O) groups is 3.